The van der Waals surface area contributed by atoms with Crippen molar-refractivity contribution in [1.82, 2.24) is 0 Å². The fraction of sp³-hybridized carbons (Fsp3) is 0.0714. The van der Waals surface area contributed by atoms with Crippen LogP contribution in [0.2, 0.25) is 0 Å². The van der Waals surface area contributed by atoms with E-state index in [-0.39, 0.29) is 17.8 Å². The molecule has 5 heteroatoms. The monoisotopic (exact) mass is 262 g/mol. The lowest BCUT2D eigenvalue weighted by atomic mass is 10.1. The molecule has 2 aromatic rings. The van der Waals surface area contributed by atoms with E-state index in [4.69, 9.17) is 5.73 Å². The van der Waals surface area contributed by atoms with Crippen LogP contribution in [0.4, 0.5) is 14.5 Å². The van der Waals surface area contributed by atoms with Crippen molar-refractivity contribution in [2.45, 2.75) is 6.54 Å². The van der Waals surface area contributed by atoms with Crippen LogP contribution in [0.3, 0.4) is 0 Å². The normalized spacial score (nSPS) is 10.3. The third-order valence-electron chi connectivity index (χ3n) is 2.62. The Bertz CT molecular complexity index is 597. The molecule has 0 unspecified atom stereocenters. The molecule has 0 aromatic heterocycles. The minimum atomic E-state index is -0.557. The van der Waals surface area contributed by atoms with Crippen LogP contribution in [0.5, 0.6) is 0 Å². The van der Waals surface area contributed by atoms with E-state index >= 15 is 0 Å². The second-order valence-corrected chi connectivity index (χ2v) is 3.98. The molecule has 0 atom stereocenters. The lowest BCUT2D eigenvalue weighted by Gasteiger charge is -2.07. The Morgan fingerprint density at radius 1 is 1.11 bits per heavy atom. The van der Waals surface area contributed by atoms with E-state index < -0.39 is 17.5 Å². The summed E-state index contributed by atoms with van der Waals surface area (Å²) in [7, 11) is 0. The van der Waals surface area contributed by atoms with Gasteiger partial charge in [-0.2, -0.15) is 0 Å². The van der Waals surface area contributed by atoms with Crippen LogP contribution in [-0.2, 0) is 6.54 Å². The molecule has 0 aliphatic heterocycles. The van der Waals surface area contributed by atoms with E-state index in [1.807, 2.05) is 0 Å². The van der Waals surface area contributed by atoms with Crippen molar-refractivity contribution in [2.24, 2.45) is 5.73 Å². The molecule has 0 saturated carbocycles. The van der Waals surface area contributed by atoms with E-state index in [2.05, 4.69) is 5.32 Å². The van der Waals surface area contributed by atoms with E-state index in [0.717, 1.165) is 0 Å². The first-order valence-corrected chi connectivity index (χ1v) is 5.65. The maximum Gasteiger partial charge on any atom is 0.255 e. The van der Waals surface area contributed by atoms with Gasteiger partial charge in [-0.3, -0.25) is 4.79 Å². The summed E-state index contributed by atoms with van der Waals surface area (Å²) >= 11 is 0. The molecule has 0 aliphatic rings. The Morgan fingerprint density at radius 3 is 2.37 bits per heavy atom. The zero-order chi connectivity index (χ0) is 13.8. The quantitative estimate of drug-likeness (QED) is 0.893. The Kier molecular flexibility index (Phi) is 3.87. The highest BCUT2D eigenvalue weighted by molar-refractivity contribution is 6.04. The number of carbonyl (C=O) groups is 1. The molecule has 0 radical (unpaired) electrons. The summed E-state index contributed by atoms with van der Waals surface area (Å²) in [4.78, 5) is 11.8. The van der Waals surface area contributed by atoms with Gasteiger partial charge in [0, 0.05) is 12.1 Å². The summed E-state index contributed by atoms with van der Waals surface area (Å²) in [5, 5.41) is 2.42. The fourth-order valence-electron chi connectivity index (χ4n) is 1.58. The highest BCUT2D eigenvalue weighted by atomic mass is 19.1. The predicted octanol–water partition coefficient (Wildman–Crippen LogP) is 2.68. The third kappa shape index (κ3) is 3.14. The number of amides is 1. The summed E-state index contributed by atoms with van der Waals surface area (Å²) in [6.45, 7) is 0.225. The molecule has 3 nitrogen and oxygen atoms in total. The molecule has 0 fully saturated rings. The van der Waals surface area contributed by atoms with Gasteiger partial charge in [0.2, 0.25) is 0 Å². The average Bonchev–Trinajstić information content (AvgIpc) is 2.41. The van der Waals surface area contributed by atoms with Gasteiger partial charge in [-0.1, -0.05) is 6.07 Å². The maximum absolute atomic E-state index is 13.6. The summed E-state index contributed by atoms with van der Waals surface area (Å²) in [6.07, 6.45) is 0. The predicted molar refractivity (Wildman–Crippen MR) is 68.6 cm³/mol. The van der Waals surface area contributed by atoms with Crippen LogP contribution < -0.4 is 11.1 Å². The van der Waals surface area contributed by atoms with Gasteiger partial charge in [-0.05, 0) is 42.0 Å². The van der Waals surface area contributed by atoms with Crippen molar-refractivity contribution < 1.29 is 13.6 Å². The number of carbonyl (C=O) groups excluding carboxylic acids is 1. The van der Waals surface area contributed by atoms with E-state index in [9.17, 15) is 13.6 Å². The van der Waals surface area contributed by atoms with Crippen molar-refractivity contribution in [2.75, 3.05) is 5.32 Å². The highest BCUT2D eigenvalue weighted by Crippen LogP contribution is 2.16. The number of hydrogen-bond donors (Lipinski definition) is 2. The molecular formula is C14H12F2N2O. The Labute approximate surface area is 109 Å². The van der Waals surface area contributed by atoms with Crippen LogP contribution in [-0.4, -0.2) is 5.91 Å². The molecule has 0 aliphatic carbocycles. The number of nitrogens with two attached hydrogens (primary N) is 1. The SMILES string of the molecule is NCc1ccc(NC(=O)c2ccc(F)cc2)c(F)c1. The third-order valence-corrected chi connectivity index (χ3v) is 2.62. The second-order valence-electron chi connectivity index (χ2n) is 3.98. The lowest BCUT2D eigenvalue weighted by molar-refractivity contribution is 0.102. The summed E-state index contributed by atoms with van der Waals surface area (Å²) in [6, 6.07) is 9.34. The molecule has 2 aromatic carbocycles. The van der Waals surface area contributed by atoms with Crippen LogP contribution in [0.1, 0.15) is 15.9 Å². The van der Waals surface area contributed by atoms with Crippen LogP contribution in [0, 0.1) is 11.6 Å². The van der Waals surface area contributed by atoms with Crippen molar-refractivity contribution in [3.8, 4) is 0 Å². The standard InChI is InChI=1S/C14H12F2N2O/c15-11-4-2-10(3-5-11)14(19)18-13-6-1-9(8-17)7-12(13)16/h1-7H,8,17H2,(H,18,19). The molecule has 19 heavy (non-hydrogen) atoms. The van der Waals surface area contributed by atoms with E-state index in [0.29, 0.717) is 5.56 Å². The van der Waals surface area contributed by atoms with Gasteiger partial charge < -0.3 is 11.1 Å². The molecule has 0 saturated heterocycles. The molecular weight excluding hydrogens is 250 g/mol. The molecule has 98 valence electrons. The maximum atomic E-state index is 13.6. The molecule has 2 rings (SSSR count). The molecule has 1 amide bonds. The first-order chi connectivity index (χ1) is 9.10. The first kappa shape index (κ1) is 13.2. The largest absolute Gasteiger partial charge is 0.326 e. The highest BCUT2D eigenvalue weighted by Gasteiger charge is 2.09. The molecule has 0 spiro atoms. The topological polar surface area (TPSA) is 55.1 Å². The summed E-state index contributed by atoms with van der Waals surface area (Å²) in [5.41, 5.74) is 6.34. The lowest BCUT2D eigenvalue weighted by Crippen LogP contribution is -2.13. The Hall–Kier alpha value is -2.27. The van der Waals surface area contributed by atoms with Gasteiger partial charge in [-0.25, -0.2) is 8.78 Å². The fourth-order valence-corrected chi connectivity index (χ4v) is 1.58. The number of halogens is 2. The zero-order valence-corrected chi connectivity index (χ0v) is 9.99. The van der Waals surface area contributed by atoms with Crippen LogP contribution >= 0.6 is 0 Å². The van der Waals surface area contributed by atoms with Crippen molar-refractivity contribution >= 4 is 11.6 Å². The van der Waals surface area contributed by atoms with Crippen molar-refractivity contribution in [1.29, 1.82) is 0 Å². The smallest absolute Gasteiger partial charge is 0.255 e. The van der Waals surface area contributed by atoms with Crippen LogP contribution in [0.15, 0.2) is 42.5 Å². The second kappa shape index (κ2) is 5.58. The number of anilines is 1. The number of rotatable bonds is 3. The van der Waals surface area contributed by atoms with Crippen molar-refractivity contribution in [3.05, 3.63) is 65.2 Å². The van der Waals surface area contributed by atoms with E-state index in [1.165, 1.54) is 36.4 Å². The number of benzene rings is 2. The first-order valence-electron chi connectivity index (χ1n) is 5.65. The van der Waals surface area contributed by atoms with Gasteiger partial charge in [0.25, 0.3) is 5.91 Å². The number of nitrogens with one attached hydrogen (secondary N) is 1. The van der Waals surface area contributed by atoms with Crippen LogP contribution in [0.25, 0.3) is 0 Å². The van der Waals surface area contributed by atoms with Gasteiger partial charge in [0.1, 0.15) is 11.6 Å². The minimum Gasteiger partial charge on any atom is -0.326 e. The summed E-state index contributed by atoms with van der Waals surface area (Å²) < 4.78 is 26.4. The Morgan fingerprint density at radius 2 is 1.79 bits per heavy atom. The molecule has 0 heterocycles. The van der Waals surface area contributed by atoms with Gasteiger partial charge >= 0.3 is 0 Å². The van der Waals surface area contributed by atoms with Gasteiger partial charge in [0.05, 0.1) is 5.69 Å². The van der Waals surface area contributed by atoms with Gasteiger partial charge in [0.15, 0.2) is 0 Å². The molecule has 0 bridgehead atoms. The Balaban J connectivity index is 2.17. The summed E-state index contributed by atoms with van der Waals surface area (Å²) in [5.74, 6) is -1.49. The number of hydrogen-bond acceptors (Lipinski definition) is 2. The zero-order valence-electron chi connectivity index (χ0n) is 9.99. The average molecular weight is 262 g/mol. The minimum absolute atomic E-state index is 0.0616. The van der Waals surface area contributed by atoms with Gasteiger partial charge in [-0.15, -0.1) is 0 Å². The van der Waals surface area contributed by atoms with E-state index in [1.54, 1.807) is 6.07 Å². The van der Waals surface area contributed by atoms with Crippen molar-refractivity contribution in [3.63, 3.8) is 0 Å². The molecule has 3 N–H and O–H groups in total.